The molecule has 1 amide bonds. The second-order valence-electron chi connectivity index (χ2n) is 6.62. The van der Waals surface area contributed by atoms with Gasteiger partial charge in [-0.3, -0.25) is 4.79 Å². The maximum atomic E-state index is 13.6. The lowest BCUT2D eigenvalue weighted by Crippen LogP contribution is -2.37. The molecule has 0 radical (unpaired) electrons. The van der Waals surface area contributed by atoms with Crippen molar-refractivity contribution in [3.8, 4) is 0 Å². The number of hydrogen-bond acceptors (Lipinski definition) is 3. The summed E-state index contributed by atoms with van der Waals surface area (Å²) in [5.41, 5.74) is 6.44. The molecule has 0 saturated carbocycles. The van der Waals surface area contributed by atoms with Crippen molar-refractivity contribution in [3.05, 3.63) is 66.2 Å². The Morgan fingerprint density at radius 1 is 1.08 bits per heavy atom. The van der Waals surface area contributed by atoms with Crippen LogP contribution in [0.3, 0.4) is 0 Å². The molecule has 5 heteroatoms. The molecule has 2 aromatic rings. The summed E-state index contributed by atoms with van der Waals surface area (Å²) >= 11 is 0. The van der Waals surface area contributed by atoms with Gasteiger partial charge >= 0.3 is 0 Å². The van der Waals surface area contributed by atoms with Crippen molar-refractivity contribution in [2.45, 2.75) is 32.1 Å². The van der Waals surface area contributed by atoms with Gasteiger partial charge in [-0.15, -0.1) is 0 Å². The van der Waals surface area contributed by atoms with Crippen LogP contribution < -0.4 is 16.4 Å². The van der Waals surface area contributed by atoms with Crippen LogP contribution in [0.15, 0.2) is 60.7 Å². The topological polar surface area (TPSA) is 72.2 Å². The molecule has 0 heterocycles. The van der Waals surface area contributed by atoms with Crippen LogP contribution in [0, 0.1) is 5.92 Å². The number of nitrogens with one attached hydrogen (secondary N) is 1. The lowest BCUT2D eigenvalue weighted by Gasteiger charge is -2.31. The third kappa shape index (κ3) is 5.55. The third-order valence-corrected chi connectivity index (χ3v) is 7.62. The average Bonchev–Trinajstić information content (AvgIpc) is 2.61. The molecule has 0 aliphatic heterocycles. The smallest absolute Gasteiger partial charge is 0.217 e. The van der Waals surface area contributed by atoms with Crippen molar-refractivity contribution >= 4 is 18.4 Å². The normalized spacial score (nSPS) is 15.9. The zero-order valence-corrected chi connectivity index (χ0v) is 15.8. The largest absolute Gasteiger partial charge is 0.370 e. The Morgan fingerprint density at radius 3 is 2.20 bits per heavy atom. The van der Waals surface area contributed by atoms with E-state index in [2.05, 4.69) is 5.32 Å². The first-order valence-corrected chi connectivity index (χ1v) is 10.8. The summed E-state index contributed by atoms with van der Waals surface area (Å²) in [5, 5.41) is 4.34. The number of hydrogen-bond donors (Lipinski definition) is 2. The highest BCUT2D eigenvalue weighted by molar-refractivity contribution is 7.71. The second kappa shape index (κ2) is 8.98. The van der Waals surface area contributed by atoms with Gasteiger partial charge in [0.1, 0.15) is 7.14 Å². The fourth-order valence-corrected chi connectivity index (χ4v) is 5.74. The molecule has 2 aromatic carbocycles. The molecule has 3 atom stereocenters. The Hall–Kier alpha value is -1.90. The van der Waals surface area contributed by atoms with Crippen LogP contribution >= 0.6 is 7.14 Å². The molecule has 0 bridgehead atoms. The van der Waals surface area contributed by atoms with Gasteiger partial charge in [0.15, 0.2) is 0 Å². The number of primary amides is 1. The molecule has 2 rings (SSSR count). The Labute approximate surface area is 150 Å². The lowest BCUT2D eigenvalue weighted by atomic mass is 10.0. The Bertz CT molecular complexity index is 719. The molecule has 3 unspecified atom stereocenters. The quantitative estimate of drug-likeness (QED) is 0.676. The molecule has 0 aliphatic carbocycles. The number of carbonyl (C=O) groups is 1. The van der Waals surface area contributed by atoms with E-state index in [9.17, 15) is 9.36 Å². The zero-order valence-electron chi connectivity index (χ0n) is 14.9. The summed E-state index contributed by atoms with van der Waals surface area (Å²) in [4.78, 5) is 11.2. The molecule has 0 saturated heterocycles. The van der Waals surface area contributed by atoms with Gasteiger partial charge in [-0.2, -0.15) is 0 Å². The molecule has 0 aliphatic rings. The van der Waals surface area contributed by atoms with Gasteiger partial charge in [0.2, 0.25) is 5.91 Å². The molecule has 0 spiro atoms. The first kappa shape index (κ1) is 19.4. The van der Waals surface area contributed by atoms with Crippen molar-refractivity contribution in [1.82, 2.24) is 5.32 Å². The van der Waals surface area contributed by atoms with Crippen molar-refractivity contribution in [1.29, 1.82) is 0 Å². The molecule has 134 valence electrons. The van der Waals surface area contributed by atoms with Gasteiger partial charge in [-0.25, -0.2) is 0 Å². The molecular formula is C20H27N2O2P. The van der Waals surface area contributed by atoms with E-state index < -0.39 is 7.14 Å². The van der Waals surface area contributed by atoms with E-state index in [1.54, 1.807) is 0 Å². The van der Waals surface area contributed by atoms with Crippen LogP contribution in [0.4, 0.5) is 0 Å². The minimum atomic E-state index is -2.67. The predicted octanol–water partition coefficient (Wildman–Crippen LogP) is 3.32. The van der Waals surface area contributed by atoms with Gasteiger partial charge in [0, 0.05) is 18.3 Å². The van der Waals surface area contributed by atoms with E-state index in [1.807, 2.05) is 74.3 Å². The number of nitrogens with two attached hydrogens (primary N) is 1. The van der Waals surface area contributed by atoms with Crippen LogP contribution in [0.1, 0.15) is 25.3 Å². The van der Waals surface area contributed by atoms with Crippen LogP contribution in [-0.4, -0.2) is 18.4 Å². The maximum Gasteiger partial charge on any atom is 0.217 e. The minimum absolute atomic E-state index is 0.0623. The van der Waals surface area contributed by atoms with E-state index in [0.29, 0.717) is 19.4 Å². The molecule has 25 heavy (non-hydrogen) atoms. The van der Waals surface area contributed by atoms with Crippen molar-refractivity contribution < 1.29 is 9.36 Å². The SMILES string of the molecule is CC(CCC(N)=O)C(NCc1ccccc1)P(C)(=O)c1ccccc1. The van der Waals surface area contributed by atoms with Crippen LogP contribution in [0.5, 0.6) is 0 Å². The first-order valence-electron chi connectivity index (χ1n) is 8.59. The number of rotatable bonds is 9. The van der Waals surface area contributed by atoms with Crippen LogP contribution in [0.25, 0.3) is 0 Å². The van der Waals surface area contributed by atoms with E-state index in [1.165, 1.54) is 0 Å². The predicted molar refractivity (Wildman–Crippen MR) is 104 cm³/mol. The summed E-state index contributed by atoms with van der Waals surface area (Å²) in [5.74, 6) is -0.471. The third-order valence-electron chi connectivity index (χ3n) is 4.54. The van der Waals surface area contributed by atoms with Gasteiger partial charge in [-0.1, -0.05) is 67.6 Å². The summed E-state index contributed by atoms with van der Waals surface area (Å²) < 4.78 is 13.6. The summed E-state index contributed by atoms with van der Waals surface area (Å²) in [6.07, 6.45) is 0.923. The number of benzene rings is 2. The van der Waals surface area contributed by atoms with Gasteiger partial charge in [0.25, 0.3) is 0 Å². The monoisotopic (exact) mass is 358 g/mol. The minimum Gasteiger partial charge on any atom is -0.370 e. The lowest BCUT2D eigenvalue weighted by molar-refractivity contribution is -0.118. The fourth-order valence-electron chi connectivity index (χ4n) is 3.09. The maximum absolute atomic E-state index is 13.6. The van der Waals surface area contributed by atoms with Crippen LogP contribution in [0.2, 0.25) is 0 Å². The summed E-state index contributed by atoms with van der Waals surface area (Å²) in [6, 6.07) is 19.6. The number of carbonyl (C=O) groups excluding carboxylic acids is 1. The summed E-state index contributed by atoms with van der Waals surface area (Å²) in [6.45, 7) is 4.49. The van der Waals surface area contributed by atoms with Crippen molar-refractivity contribution in [3.63, 3.8) is 0 Å². The molecule has 4 nitrogen and oxygen atoms in total. The zero-order chi connectivity index (χ0) is 18.3. The summed E-state index contributed by atoms with van der Waals surface area (Å²) in [7, 11) is -2.67. The Kier molecular flexibility index (Phi) is 6.98. The van der Waals surface area contributed by atoms with Crippen LogP contribution in [-0.2, 0) is 15.9 Å². The van der Waals surface area contributed by atoms with E-state index in [-0.39, 0.29) is 17.6 Å². The second-order valence-corrected chi connectivity index (χ2v) is 9.67. The van der Waals surface area contributed by atoms with E-state index in [0.717, 1.165) is 10.9 Å². The van der Waals surface area contributed by atoms with Crippen molar-refractivity contribution in [2.24, 2.45) is 11.7 Å². The van der Waals surface area contributed by atoms with Crippen molar-refractivity contribution in [2.75, 3.05) is 6.66 Å². The van der Waals surface area contributed by atoms with E-state index >= 15 is 0 Å². The Balaban J connectivity index is 2.21. The molecule has 3 N–H and O–H groups in total. The molecule has 0 fully saturated rings. The fraction of sp³-hybridized carbons (Fsp3) is 0.350. The standard InChI is InChI=1S/C20H27N2O2P/c1-16(13-14-19(21)23)20(22-15-17-9-5-3-6-10-17)25(2,24)18-11-7-4-8-12-18/h3-12,16,20,22H,13-15H2,1-2H3,(H2,21,23). The number of amides is 1. The van der Waals surface area contributed by atoms with Gasteiger partial charge in [0.05, 0.1) is 5.78 Å². The van der Waals surface area contributed by atoms with Gasteiger partial charge in [-0.05, 0) is 24.6 Å². The Morgan fingerprint density at radius 2 is 1.64 bits per heavy atom. The van der Waals surface area contributed by atoms with E-state index in [4.69, 9.17) is 5.73 Å². The highest BCUT2D eigenvalue weighted by Crippen LogP contribution is 2.48. The first-order chi connectivity index (χ1) is 11.9. The van der Waals surface area contributed by atoms with Gasteiger partial charge < -0.3 is 15.6 Å². The highest BCUT2D eigenvalue weighted by Gasteiger charge is 2.33. The highest BCUT2D eigenvalue weighted by atomic mass is 31.2. The molecular weight excluding hydrogens is 331 g/mol. The average molecular weight is 358 g/mol. The molecule has 0 aromatic heterocycles.